The Morgan fingerprint density at radius 2 is 2.05 bits per heavy atom. The summed E-state index contributed by atoms with van der Waals surface area (Å²) >= 11 is 1.45. The quantitative estimate of drug-likeness (QED) is 0.792. The number of rotatable bonds is 4. The van der Waals surface area contributed by atoms with Crippen molar-refractivity contribution >= 4 is 22.4 Å². The van der Waals surface area contributed by atoms with Crippen LogP contribution in [0.2, 0.25) is 0 Å². The van der Waals surface area contributed by atoms with Crippen molar-refractivity contribution in [1.82, 2.24) is 9.88 Å². The molecule has 1 aliphatic carbocycles. The number of anilines is 1. The Labute approximate surface area is 123 Å². The minimum atomic E-state index is -0.279. The van der Waals surface area contributed by atoms with Crippen LogP contribution < -0.4 is 4.90 Å². The second-order valence-corrected chi connectivity index (χ2v) is 6.61. The van der Waals surface area contributed by atoms with E-state index < -0.39 is 0 Å². The first-order valence-electron chi connectivity index (χ1n) is 7.20. The molecule has 20 heavy (non-hydrogen) atoms. The van der Waals surface area contributed by atoms with Crippen LogP contribution in [0.25, 0.3) is 0 Å². The third-order valence-electron chi connectivity index (χ3n) is 4.01. The number of aryl methyl sites for hydroxylation is 1. The molecule has 2 heterocycles. The molecular formula is C14H21N3O2S. The Morgan fingerprint density at radius 3 is 2.65 bits per heavy atom. The molecule has 1 aromatic heterocycles. The van der Waals surface area contributed by atoms with Crippen molar-refractivity contribution in [1.29, 1.82) is 0 Å². The minimum Gasteiger partial charge on any atom is -0.465 e. The maximum atomic E-state index is 11.6. The van der Waals surface area contributed by atoms with Crippen molar-refractivity contribution in [2.24, 2.45) is 5.92 Å². The summed E-state index contributed by atoms with van der Waals surface area (Å²) in [7, 11) is 1.41. The van der Waals surface area contributed by atoms with Gasteiger partial charge in [0.1, 0.15) is 4.88 Å². The summed E-state index contributed by atoms with van der Waals surface area (Å²) in [6.07, 6.45) is 2.82. The van der Waals surface area contributed by atoms with Gasteiger partial charge in [0.2, 0.25) is 0 Å². The molecule has 0 aromatic carbocycles. The van der Waals surface area contributed by atoms with Gasteiger partial charge in [0.05, 0.1) is 12.8 Å². The lowest BCUT2D eigenvalue weighted by molar-refractivity contribution is 0.0605. The minimum absolute atomic E-state index is 0.279. The first-order chi connectivity index (χ1) is 9.67. The Balaban J connectivity index is 1.61. The van der Waals surface area contributed by atoms with Crippen LogP contribution in [0.5, 0.6) is 0 Å². The van der Waals surface area contributed by atoms with Gasteiger partial charge < -0.3 is 9.64 Å². The Morgan fingerprint density at radius 1 is 1.35 bits per heavy atom. The van der Waals surface area contributed by atoms with Gasteiger partial charge in [-0.2, -0.15) is 0 Å². The van der Waals surface area contributed by atoms with Gasteiger partial charge in [-0.15, -0.1) is 0 Å². The second kappa shape index (κ2) is 5.69. The van der Waals surface area contributed by atoms with E-state index in [9.17, 15) is 4.79 Å². The van der Waals surface area contributed by atoms with Gasteiger partial charge in [-0.25, -0.2) is 9.78 Å². The van der Waals surface area contributed by atoms with Gasteiger partial charge in [0.25, 0.3) is 0 Å². The van der Waals surface area contributed by atoms with E-state index in [1.165, 1.54) is 37.8 Å². The van der Waals surface area contributed by atoms with E-state index in [0.717, 1.165) is 42.9 Å². The van der Waals surface area contributed by atoms with E-state index in [-0.39, 0.29) is 5.97 Å². The van der Waals surface area contributed by atoms with Gasteiger partial charge in [-0.05, 0) is 25.7 Å². The highest BCUT2D eigenvalue weighted by Gasteiger charge is 2.27. The van der Waals surface area contributed by atoms with Crippen molar-refractivity contribution in [3.05, 3.63) is 10.6 Å². The predicted octanol–water partition coefficient (Wildman–Crippen LogP) is 1.77. The highest BCUT2D eigenvalue weighted by atomic mass is 32.1. The van der Waals surface area contributed by atoms with E-state index in [4.69, 9.17) is 4.74 Å². The Hall–Kier alpha value is -1.14. The summed E-state index contributed by atoms with van der Waals surface area (Å²) in [5.74, 6) is 0.674. The van der Waals surface area contributed by atoms with Crippen molar-refractivity contribution in [2.45, 2.75) is 19.8 Å². The summed E-state index contributed by atoms with van der Waals surface area (Å²) in [5.41, 5.74) is 0.775. The third kappa shape index (κ3) is 2.96. The third-order valence-corrected chi connectivity index (χ3v) is 5.21. The summed E-state index contributed by atoms with van der Waals surface area (Å²) < 4.78 is 4.79. The van der Waals surface area contributed by atoms with Crippen LogP contribution >= 0.6 is 11.3 Å². The zero-order valence-electron chi connectivity index (χ0n) is 12.1. The lowest BCUT2D eigenvalue weighted by Crippen LogP contribution is -2.47. The average molecular weight is 295 g/mol. The van der Waals surface area contributed by atoms with E-state index in [1.807, 2.05) is 6.92 Å². The molecule has 0 radical (unpaired) electrons. The number of methoxy groups -OCH3 is 1. The summed E-state index contributed by atoms with van der Waals surface area (Å²) in [6, 6.07) is 0. The molecule has 1 aliphatic heterocycles. The smallest absolute Gasteiger partial charge is 0.350 e. The number of piperazine rings is 1. The molecule has 3 rings (SSSR count). The molecule has 2 aliphatic rings. The fourth-order valence-electron chi connectivity index (χ4n) is 2.59. The number of carbonyl (C=O) groups excluding carboxylic acids is 1. The molecular weight excluding hydrogens is 274 g/mol. The number of hydrogen-bond donors (Lipinski definition) is 0. The van der Waals surface area contributed by atoms with Crippen molar-refractivity contribution in [3.8, 4) is 0 Å². The standard InChI is InChI=1S/C14H21N3O2S/c1-10-12(13(18)19-2)20-14(15-10)17-7-5-16(6-8-17)9-11-3-4-11/h11H,3-9H2,1-2H3. The van der Waals surface area contributed by atoms with Crippen LogP contribution in [-0.4, -0.2) is 55.7 Å². The van der Waals surface area contributed by atoms with Gasteiger partial charge in [0, 0.05) is 32.7 Å². The van der Waals surface area contributed by atoms with Crippen LogP contribution in [0.3, 0.4) is 0 Å². The first kappa shape index (κ1) is 13.8. The SMILES string of the molecule is COC(=O)c1sc(N2CCN(CC3CC3)CC2)nc1C. The van der Waals surface area contributed by atoms with Crippen LogP contribution in [0, 0.1) is 12.8 Å². The van der Waals surface area contributed by atoms with Crippen molar-refractivity contribution < 1.29 is 9.53 Å². The maximum Gasteiger partial charge on any atom is 0.350 e. The van der Waals surface area contributed by atoms with E-state index >= 15 is 0 Å². The molecule has 0 unspecified atom stereocenters. The molecule has 1 saturated carbocycles. The number of esters is 1. The molecule has 6 heteroatoms. The first-order valence-corrected chi connectivity index (χ1v) is 8.02. The Bertz CT molecular complexity index is 491. The molecule has 1 saturated heterocycles. The Kier molecular flexibility index (Phi) is 3.94. The van der Waals surface area contributed by atoms with E-state index in [1.54, 1.807) is 0 Å². The number of nitrogens with zero attached hydrogens (tertiary/aromatic N) is 3. The molecule has 0 bridgehead atoms. The normalized spacial score (nSPS) is 20.2. The zero-order chi connectivity index (χ0) is 14.1. The van der Waals surface area contributed by atoms with Crippen LogP contribution in [0.4, 0.5) is 5.13 Å². The highest BCUT2D eigenvalue weighted by Crippen LogP contribution is 2.31. The number of hydrogen-bond acceptors (Lipinski definition) is 6. The fourth-order valence-corrected chi connectivity index (χ4v) is 3.62. The number of ether oxygens (including phenoxy) is 1. The average Bonchev–Trinajstić information content (AvgIpc) is 3.19. The van der Waals surface area contributed by atoms with Crippen molar-refractivity contribution in [3.63, 3.8) is 0 Å². The topological polar surface area (TPSA) is 45.7 Å². The summed E-state index contributed by atoms with van der Waals surface area (Å²) in [4.78, 5) is 21.6. The number of aromatic nitrogens is 1. The van der Waals surface area contributed by atoms with E-state index in [2.05, 4.69) is 14.8 Å². The molecule has 0 spiro atoms. The molecule has 0 atom stereocenters. The van der Waals surface area contributed by atoms with Crippen LogP contribution in [0.15, 0.2) is 0 Å². The van der Waals surface area contributed by atoms with Gasteiger partial charge in [-0.3, -0.25) is 4.90 Å². The molecule has 110 valence electrons. The van der Waals surface area contributed by atoms with Gasteiger partial charge >= 0.3 is 5.97 Å². The highest BCUT2D eigenvalue weighted by molar-refractivity contribution is 7.17. The largest absolute Gasteiger partial charge is 0.465 e. The van der Waals surface area contributed by atoms with Crippen molar-refractivity contribution in [2.75, 3.05) is 44.7 Å². The number of carbonyl (C=O) groups is 1. The zero-order valence-corrected chi connectivity index (χ0v) is 12.9. The molecule has 0 N–H and O–H groups in total. The van der Waals surface area contributed by atoms with Gasteiger partial charge in [-0.1, -0.05) is 11.3 Å². The van der Waals surface area contributed by atoms with E-state index in [0.29, 0.717) is 4.88 Å². The predicted molar refractivity (Wildman–Crippen MR) is 79.6 cm³/mol. The maximum absolute atomic E-state index is 11.6. The molecule has 0 amide bonds. The molecule has 1 aromatic rings. The van der Waals surface area contributed by atoms with Crippen LogP contribution in [0.1, 0.15) is 28.2 Å². The number of thiazole rings is 1. The lowest BCUT2D eigenvalue weighted by Gasteiger charge is -2.34. The lowest BCUT2D eigenvalue weighted by atomic mass is 10.3. The monoisotopic (exact) mass is 295 g/mol. The molecule has 2 fully saturated rings. The van der Waals surface area contributed by atoms with Crippen LogP contribution in [-0.2, 0) is 4.74 Å². The fraction of sp³-hybridized carbons (Fsp3) is 0.714. The molecule has 5 nitrogen and oxygen atoms in total. The summed E-state index contributed by atoms with van der Waals surface area (Å²) in [5, 5.41) is 0.953. The van der Waals surface area contributed by atoms with Gasteiger partial charge in [0.15, 0.2) is 5.13 Å². The second-order valence-electron chi connectivity index (χ2n) is 5.63. The summed E-state index contributed by atoms with van der Waals surface area (Å²) in [6.45, 7) is 7.33.